The summed E-state index contributed by atoms with van der Waals surface area (Å²) in [7, 11) is 0. The number of nitrogens with one attached hydrogen (secondary N) is 2. The van der Waals surface area contributed by atoms with Crippen molar-refractivity contribution in [3.8, 4) is 11.8 Å². The van der Waals surface area contributed by atoms with Gasteiger partial charge in [-0.3, -0.25) is 4.99 Å². The third-order valence-electron chi connectivity index (χ3n) is 4.36. The van der Waals surface area contributed by atoms with Crippen LogP contribution in [0, 0.1) is 11.3 Å². The van der Waals surface area contributed by atoms with Gasteiger partial charge in [-0.25, -0.2) is 4.68 Å². The quantitative estimate of drug-likeness (QED) is 0.174. The van der Waals surface area contributed by atoms with Crippen molar-refractivity contribution >= 4 is 47.5 Å². The summed E-state index contributed by atoms with van der Waals surface area (Å²) in [4.78, 5) is 4.63. The average molecular weight is 542 g/mol. The summed E-state index contributed by atoms with van der Waals surface area (Å²) >= 11 is 1.88. The first-order valence-corrected chi connectivity index (χ1v) is 11.4. The van der Waals surface area contributed by atoms with Gasteiger partial charge in [-0.05, 0) is 56.7 Å². The molecule has 2 aromatic rings. The third-order valence-corrected chi connectivity index (χ3v) is 5.06. The molecule has 7 nitrogen and oxygen atoms in total. The predicted molar refractivity (Wildman–Crippen MR) is 138 cm³/mol. The van der Waals surface area contributed by atoms with Gasteiger partial charge < -0.3 is 16.4 Å². The number of nitrogens with zero attached hydrogens (tertiary/aromatic N) is 4. The molecule has 0 aliphatic carbocycles. The Labute approximate surface area is 200 Å². The number of halogens is 1. The van der Waals surface area contributed by atoms with Crippen molar-refractivity contribution < 1.29 is 0 Å². The fourth-order valence-electron chi connectivity index (χ4n) is 2.90. The summed E-state index contributed by atoms with van der Waals surface area (Å²) in [5.41, 5.74) is 8.19. The second-order valence-electron chi connectivity index (χ2n) is 6.56. The number of aryl methyl sites for hydroxylation is 1. The second-order valence-corrected chi connectivity index (χ2v) is 7.54. The lowest BCUT2D eigenvalue weighted by Crippen LogP contribution is -2.37. The van der Waals surface area contributed by atoms with Gasteiger partial charge in [0.15, 0.2) is 5.96 Å². The van der Waals surface area contributed by atoms with E-state index in [2.05, 4.69) is 40.0 Å². The van der Waals surface area contributed by atoms with E-state index in [1.54, 1.807) is 4.68 Å². The summed E-state index contributed by atoms with van der Waals surface area (Å²) in [5.74, 6) is 2.42. The van der Waals surface area contributed by atoms with Crippen LogP contribution in [0.3, 0.4) is 0 Å². The van der Waals surface area contributed by atoms with Crippen molar-refractivity contribution in [3.05, 3.63) is 41.6 Å². The van der Waals surface area contributed by atoms with E-state index >= 15 is 0 Å². The van der Waals surface area contributed by atoms with Crippen LogP contribution in [0.4, 0.5) is 5.82 Å². The first-order chi connectivity index (χ1) is 14.2. The molecule has 0 bridgehead atoms. The van der Waals surface area contributed by atoms with Gasteiger partial charge in [-0.2, -0.15) is 22.1 Å². The summed E-state index contributed by atoms with van der Waals surface area (Å²) < 4.78 is 1.64. The molecule has 0 radical (unpaired) electrons. The number of nitriles is 1. The number of para-hydroxylation sites is 1. The Morgan fingerprint density at radius 3 is 2.67 bits per heavy atom. The standard InChI is InChI=1S/C21H31N7S.HI/c1-3-24-21(25-13-7-8-15-29-2)26-14-9-12-19-18(16-22)20(23)28(27-19)17-10-5-4-6-11-17;/h4-6,10-11H,3,7-9,12-15,23H2,1-2H3,(H2,24,25,26);1H. The van der Waals surface area contributed by atoms with Crippen molar-refractivity contribution in [2.24, 2.45) is 4.99 Å². The molecule has 0 aliphatic rings. The first kappa shape index (κ1) is 26.1. The average Bonchev–Trinajstić information content (AvgIpc) is 3.06. The highest BCUT2D eigenvalue weighted by atomic mass is 127. The van der Waals surface area contributed by atoms with Crippen LogP contribution in [-0.2, 0) is 6.42 Å². The SMILES string of the molecule is CCNC(=NCCCc1nn(-c2ccccc2)c(N)c1C#N)NCCCCSC.I. The fraction of sp³-hybridized carbons (Fsp3) is 0.476. The van der Waals surface area contributed by atoms with E-state index in [0.717, 1.165) is 43.3 Å². The van der Waals surface area contributed by atoms with Crippen molar-refractivity contribution in [2.75, 3.05) is 37.4 Å². The first-order valence-electron chi connectivity index (χ1n) is 10.0. The Hall–Kier alpha value is -1.93. The molecule has 0 aliphatic heterocycles. The summed E-state index contributed by atoms with van der Waals surface area (Å²) in [6, 6.07) is 11.8. The summed E-state index contributed by atoms with van der Waals surface area (Å²) in [6.07, 6.45) is 5.92. The number of aromatic nitrogens is 2. The highest BCUT2D eigenvalue weighted by Crippen LogP contribution is 2.21. The van der Waals surface area contributed by atoms with E-state index < -0.39 is 0 Å². The maximum absolute atomic E-state index is 9.50. The molecule has 9 heteroatoms. The molecule has 0 spiro atoms. The second kappa shape index (κ2) is 15.0. The highest BCUT2D eigenvalue weighted by Gasteiger charge is 2.16. The number of aliphatic imine (C=N–C) groups is 1. The van der Waals surface area contributed by atoms with Gasteiger partial charge in [0.05, 0.1) is 11.4 Å². The molecular formula is C21H32IN7S. The Morgan fingerprint density at radius 1 is 1.23 bits per heavy atom. The molecule has 30 heavy (non-hydrogen) atoms. The minimum absolute atomic E-state index is 0. The number of nitrogens with two attached hydrogens (primary N) is 1. The van der Waals surface area contributed by atoms with Crippen molar-refractivity contribution in [3.63, 3.8) is 0 Å². The molecule has 1 aromatic heterocycles. The maximum atomic E-state index is 9.50. The minimum atomic E-state index is 0. The highest BCUT2D eigenvalue weighted by molar-refractivity contribution is 14.0. The fourth-order valence-corrected chi connectivity index (χ4v) is 3.39. The minimum Gasteiger partial charge on any atom is -0.382 e. The molecule has 0 fully saturated rings. The molecule has 2 rings (SSSR count). The van der Waals surface area contributed by atoms with Crippen LogP contribution in [0.2, 0.25) is 0 Å². The number of anilines is 1. The topological polar surface area (TPSA) is 104 Å². The molecule has 164 valence electrons. The lowest BCUT2D eigenvalue weighted by molar-refractivity contribution is 0.725. The van der Waals surface area contributed by atoms with Gasteiger partial charge in [0.25, 0.3) is 0 Å². The maximum Gasteiger partial charge on any atom is 0.191 e. The number of nitrogen functional groups attached to an aromatic ring is 1. The van der Waals surface area contributed by atoms with Crippen molar-refractivity contribution in [1.29, 1.82) is 5.26 Å². The zero-order valence-electron chi connectivity index (χ0n) is 17.7. The summed E-state index contributed by atoms with van der Waals surface area (Å²) in [5, 5.41) is 20.7. The number of rotatable bonds is 11. The largest absolute Gasteiger partial charge is 0.382 e. The lowest BCUT2D eigenvalue weighted by Gasteiger charge is -2.11. The Kier molecular flexibility index (Phi) is 13.0. The van der Waals surface area contributed by atoms with E-state index in [9.17, 15) is 5.26 Å². The molecule has 0 amide bonds. The number of guanidine groups is 1. The van der Waals surface area contributed by atoms with Crippen LogP contribution >= 0.6 is 35.7 Å². The van der Waals surface area contributed by atoms with Crippen LogP contribution < -0.4 is 16.4 Å². The molecule has 0 saturated carbocycles. The van der Waals surface area contributed by atoms with Gasteiger partial charge in [-0.15, -0.1) is 24.0 Å². The van der Waals surface area contributed by atoms with Crippen LogP contribution in [0.25, 0.3) is 5.69 Å². The Balaban J connectivity index is 0.00000450. The van der Waals surface area contributed by atoms with Gasteiger partial charge in [0.2, 0.25) is 0 Å². The Bertz CT molecular complexity index is 815. The van der Waals surface area contributed by atoms with E-state index in [1.165, 1.54) is 12.2 Å². The van der Waals surface area contributed by atoms with E-state index in [-0.39, 0.29) is 24.0 Å². The molecule has 1 aromatic carbocycles. The number of thioether (sulfide) groups is 1. The van der Waals surface area contributed by atoms with Gasteiger partial charge in [-0.1, -0.05) is 18.2 Å². The number of unbranched alkanes of at least 4 members (excludes halogenated alkanes) is 1. The van der Waals surface area contributed by atoms with E-state index in [1.807, 2.05) is 42.1 Å². The molecule has 0 saturated heterocycles. The molecule has 0 atom stereocenters. The van der Waals surface area contributed by atoms with Crippen LogP contribution in [0.1, 0.15) is 37.4 Å². The number of hydrogen-bond donors (Lipinski definition) is 3. The lowest BCUT2D eigenvalue weighted by atomic mass is 10.1. The smallest absolute Gasteiger partial charge is 0.191 e. The Morgan fingerprint density at radius 2 is 2.00 bits per heavy atom. The zero-order valence-corrected chi connectivity index (χ0v) is 20.9. The van der Waals surface area contributed by atoms with Gasteiger partial charge >= 0.3 is 0 Å². The molecule has 1 heterocycles. The predicted octanol–water partition coefficient (Wildman–Crippen LogP) is 3.58. The van der Waals surface area contributed by atoms with E-state index in [4.69, 9.17) is 5.73 Å². The van der Waals surface area contributed by atoms with Crippen LogP contribution in [0.5, 0.6) is 0 Å². The zero-order chi connectivity index (χ0) is 20.9. The van der Waals surface area contributed by atoms with Crippen LogP contribution in [-0.4, -0.2) is 47.4 Å². The van der Waals surface area contributed by atoms with Crippen molar-refractivity contribution in [2.45, 2.75) is 32.6 Å². The third kappa shape index (κ3) is 8.07. The number of benzene rings is 1. The number of hydrogen-bond acceptors (Lipinski definition) is 5. The monoisotopic (exact) mass is 541 g/mol. The van der Waals surface area contributed by atoms with Gasteiger partial charge in [0, 0.05) is 19.6 Å². The van der Waals surface area contributed by atoms with Gasteiger partial charge in [0.1, 0.15) is 17.5 Å². The molecule has 4 N–H and O–H groups in total. The van der Waals surface area contributed by atoms with Crippen molar-refractivity contribution in [1.82, 2.24) is 20.4 Å². The normalized spacial score (nSPS) is 10.9. The molecular weight excluding hydrogens is 509 g/mol. The van der Waals surface area contributed by atoms with Crippen LogP contribution in [0.15, 0.2) is 35.3 Å². The summed E-state index contributed by atoms with van der Waals surface area (Å²) in [6.45, 7) is 4.46. The molecule has 0 unspecified atom stereocenters. The van der Waals surface area contributed by atoms with E-state index in [0.29, 0.717) is 24.3 Å².